The summed E-state index contributed by atoms with van der Waals surface area (Å²) >= 11 is 2.11. The van der Waals surface area contributed by atoms with Crippen LogP contribution in [0, 0.1) is 0 Å². The topological polar surface area (TPSA) is 33.3 Å². The first-order valence-corrected chi connectivity index (χ1v) is 6.50. The molecule has 1 fully saturated rings. The van der Waals surface area contributed by atoms with Gasteiger partial charge in [0.15, 0.2) is 0 Å². The molecular formula is C10H22N2OS. The van der Waals surface area contributed by atoms with E-state index in [0.717, 1.165) is 31.5 Å². The molecule has 0 aliphatic carbocycles. The van der Waals surface area contributed by atoms with Gasteiger partial charge in [0.25, 0.3) is 0 Å². The van der Waals surface area contributed by atoms with E-state index in [2.05, 4.69) is 22.4 Å². The van der Waals surface area contributed by atoms with Crippen molar-refractivity contribution < 1.29 is 4.74 Å². The van der Waals surface area contributed by atoms with Gasteiger partial charge in [0.05, 0.1) is 6.61 Å². The van der Waals surface area contributed by atoms with Crippen molar-refractivity contribution in [1.29, 1.82) is 0 Å². The van der Waals surface area contributed by atoms with E-state index in [9.17, 15) is 0 Å². The average Bonchev–Trinajstić information content (AvgIpc) is 2.69. The van der Waals surface area contributed by atoms with Crippen molar-refractivity contribution in [3.63, 3.8) is 0 Å². The molecule has 1 aliphatic rings. The Morgan fingerprint density at radius 3 is 2.86 bits per heavy atom. The summed E-state index contributed by atoms with van der Waals surface area (Å²) in [4.78, 5) is 0. The summed E-state index contributed by atoms with van der Waals surface area (Å²) in [5, 5.41) is 7.67. The number of methoxy groups -OCH3 is 1. The van der Waals surface area contributed by atoms with Crippen LogP contribution in [0.25, 0.3) is 0 Å². The van der Waals surface area contributed by atoms with Crippen molar-refractivity contribution in [2.75, 3.05) is 45.6 Å². The summed E-state index contributed by atoms with van der Waals surface area (Å²) < 4.78 is 4.94. The van der Waals surface area contributed by atoms with Crippen LogP contribution < -0.4 is 10.6 Å². The van der Waals surface area contributed by atoms with Crippen LogP contribution in [0.4, 0.5) is 0 Å². The van der Waals surface area contributed by atoms with Gasteiger partial charge in [0.1, 0.15) is 0 Å². The average molecular weight is 218 g/mol. The summed E-state index contributed by atoms with van der Waals surface area (Å²) in [6, 6.07) is 0. The molecule has 0 aromatic rings. The molecule has 14 heavy (non-hydrogen) atoms. The molecule has 1 rings (SSSR count). The molecular weight excluding hydrogens is 196 g/mol. The van der Waals surface area contributed by atoms with Gasteiger partial charge in [-0.25, -0.2) is 0 Å². The van der Waals surface area contributed by atoms with Gasteiger partial charge in [-0.3, -0.25) is 0 Å². The molecule has 0 spiro atoms. The summed E-state index contributed by atoms with van der Waals surface area (Å²) in [5.74, 6) is 1.36. The maximum absolute atomic E-state index is 4.94. The standard InChI is InChI=1S/C10H22N2OS/c1-13-7-6-11-4-5-12-9-10-3-2-8-14-10/h10-12H,2-9H2,1H3. The van der Waals surface area contributed by atoms with Gasteiger partial charge in [-0.15, -0.1) is 0 Å². The molecule has 1 saturated heterocycles. The minimum Gasteiger partial charge on any atom is -0.383 e. The Labute approximate surface area is 91.4 Å². The molecule has 2 N–H and O–H groups in total. The predicted molar refractivity (Wildman–Crippen MR) is 63.1 cm³/mol. The SMILES string of the molecule is COCCNCCNCC1CCCS1. The number of rotatable bonds is 8. The van der Waals surface area contributed by atoms with Crippen LogP contribution in [0.5, 0.6) is 0 Å². The highest BCUT2D eigenvalue weighted by atomic mass is 32.2. The number of nitrogens with one attached hydrogen (secondary N) is 2. The van der Waals surface area contributed by atoms with Gasteiger partial charge < -0.3 is 15.4 Å². The maximum atomic E-state index is 4.94. The van der Waals surface area contributed by atoms with Crippen molar-refractivity contribution in [3.05, 3.63) is 0 Å². The third kappa shape index (κ3) is 5.86. The highest BCUT2D eigenvalue weighted by molar-refractivity contribution is 8.00. The normalized spacial score (nSPS) is 21.6. The number of hydrogen-bond acceptors (Lipinski definition) is 4. The molecule has 0 bridgehead atoms. The van der Waals surface area contributed by atoms with Gasteiger partial charge in [-0.2, -0.15) is 11.8 Å². The van der Waals surface area contributed by atoms with E-state index in [1.54, 1.807) is 7.11 Å². The lowest BCUT2D eigenvalue weighted by Crippen LogP contribution is -2.32. The number of ether oxygens (including phenoxy) is 1. The van der Waals surface area contributed by atoms with Crippen molar-refractivity contribution in [2.24, 2.45) is 0 Å². The largest absolute Gasteiger partial charge is 0.383 e. The Balaban J connectivity index is 1.75. The lowest BCUT2D eigenvalue weighted by Gasteiger charge is -2.10. The number of thioether (sulfide) groups is 1. The van der Waals surface area contributed by atoms with Crippen molar-refractivity contribution in [3.8, 4) is 0 Å². The lowest BCUT2D eigenvalue weighted by atomic mass is 10.2. The number of hydrogen-bond donors (Lipinski definition) is 2. The second-order valence-corrected chi connectivity index (χ2v) is 4.99. The Morgan fingerprint density at radius 2 is 2.14 bits per heavy atom. The van der Waals surface area contributed by atoms with Crippen molar-refractivity contribution >= 4 is 11.8 Å². The highest BCUT2D eigenvalue weighted by Crippen LogP contribution is 2.24. The fraction of sp³-hybridized carbons (Fsp3) is 1.00. The fourth-order valence-corrected chi connectivity index (χ4v) is 2.78. The van der Waals surface area contributed by atoms with Gasteiger partial charge in [-0.1, -0.05) is 0 Å². The molecule has 0 amide bonds. The molecule has 84 valence electrons. The van der Waals surface area contributed by atoms with E-state index in [1.807, 2.05) is 0 Å². The first-order chi connectivity index (χ1) is 6.93. The summed E-state index contributed by atoms with van der Waals surface area (Å²) in [7, 11) is 1.73. The van der Waals surface area contributed by atoms with Crippen molar-refractivity contribution in [1.82, 2.24) is 10.6 Å². The molecule has 0 aromatic heterocycles. The first-order valence-electron chi connectivity index (χ1n) is 5.45. The van der Waals surface area contributed by atoms with Crippen LogP contribution in [0.15, 0.2) is 0 Å². The fourth-order valence-electron chi connectivity index (χ4n) is 1.54. The highest BCUT2D eigenvalue weighted by Gasteiger charge is 2.13. The third-order valence-electron chi connectivity index (χ3n) is 2.36. The van der Waals surface area contributed by atoms with Crippen LogP contribution in [0.2, 0.25) is 0 Å². The Morgan fingerprint density at radius 1 is 1.29 bits per heavy atom. The molecule has 1 aliphatic heterocycles. The minimum absolute atomic E-state index is 0.804. The molecule has 4 heteroatoms. The van der Waals surface area contributed by atoms with E-state index in [4.69, 9.17) is 4.74 Å². The Kier molecular flexibility index (Phi) is 7.50. The van der Waals surface area contributed by atoms with Gasteiger partial charge in [0, 0.05) is 38.5 Å². The molecule has 0 saturated carbocycles. The first kappa shape index (κ1) is 12.3. The smallest absolute Gasteiger partial charge is 0.0587 e. The molecule has 1 atom stereocenters. The van der Waals surface area contributed by atoms with Gasteiger partial charge >= 0.3 is 0 Å². The summed E-state index contributed by atoms with van der Waals surface area (Å²) in [6.07, 6.45) is 2.80. The maximum Gasteiger partial charge on any atom is 0.0587 e. The second-order valence-electron chi connectivity index (χ2n) is 3.58. The molecule has 1 unspecified atom stereocenters. The minimum atomic E-state index is 0.804. The molecule has 0 radical (unpaired) electrons. The predicted octanol–water partition coefficient (Wildman–Crippen LogP) is 0.708. The van der Waals surface area contributed by atoms with E-state index in [1.165, 1.54) is 25.1 Å². The second kappa shape index (κ2) is 8.53. The molecule has 3 nitrogen and oxygen atoms in total. The Hall–Kier alpha value is 0.230. The van der Waals surface area contributed by atoms with E-state index in [0.29, 0.717) is 0 Å². The van der Waals surface area contributed by atoms with Crippen molar-refractivity contribution in [2.45, 2.75) is 18.1 Å². The summed E-state index contributed by atoms with van der Waals surface area (Å²) in [5.41, 5.74) is 0. The van der Waals surface area contributed by atoms with Gasteiger partial charge in [0.2, 0.25) is 0 Å². The quantitative estimate of drug-likeness (QED) is 0.588. The van der Waals surface area contributed by atoms with Crippen LogP contribution in [-0.4, -0.2) is 50.9 Å². The van der Waals surface area contributed by atoms with E-state index in [-0.39, 0.29) is 0 Å². The third-order valence-corrected chi connectivity index (χ3v) is 3.76. The van der Waals surface area contributed by atoms with Gasteiger partial charge in [-0.05, 0) is 18.6 Å². The van der Waals surface area contributed by atoms with Crippen LogP contribution in [0.1, 0.15) is 12.8 Å². The van der Waals surface area contributed by atoms with E-state index < -0.39 is 0 Å². The zero-order valence-electron chi connectivity index (χ0n) is 9.05. The molecule has 0 aromatic carbocycles. The molecule has 1 heterocycles. The van der Waals surface area contributed by atoms with Crippen LogP contribution in [-0.2, 0) is 4.74 Å². The van der Waals surface area contributed by atoms with Crippen LogP contribution >= 0.6 is 11.8 Å². The monoisotopic (exact) mass is 218 g/mol. The zero-order chi connectivity index (χ0) is 10.1. The lowest BCUT2D eigenvalue weighted by molar-refractivity contribution is 0.199. The van der Waals surface area contributed by atoms with E-state index >= 15 is 0 Å². The zero-order valence-corrected chi connectivity index (χ0v) is 9.87. The Bertz CT molecular complexity index is 129. The summed E-state index contributed by atoms with van der Waals surface area (Å²) in [6.45, 7) is 5.05. The van der Waals surface area contributed by atoms with Crippen LogP contribution in [0.3, 0.4) is 0 Å².